The highest BCUT2D eigenvalue weighted by atomic mass is 16.3. The minimum atomic E-state index is -0.882. The molecule has 0 bridgehead atoms. The molecule has 0 aliphatic carbocycles. The summed E-state index contributed by atoms with van der Waals surface area (Å²) in [7, 11) is 0. The van der Waals surface area contributed by atoms with Crippen LogP contribution in [0.1, 0.15) is 12.0 Å². The third-order valence-electron chi connectivity index (χ3n) is 2.99. The Morgan fingerprint density at radius 3 is 2.89 bits per heavy atom. The number of anilines is 1. The van der Waals surface area contributed by atoms with Crippen LogP contribution in [0.25, 0.3) is 0 Å². The van der Waals surface area contributed by atoms with Gasteiger partial charge in [-0.15, -0.1) is 4.91 Å². The molecule has 1 atom stereocenters. The maximum Gasteiger partial charge on any atom is 0.305 e. The smallest absolute Gasteiger partial charge is 0.305 e. The topological polar surface area (TPSA) is 92.8 Å². The van der Waals surface area contributed by atoms with Crippen LogP contribution in [0.15, 0.2) is 29.4 Å². The van der Waals surface area contributed by atoms with Crippen LogP contribution in [-0.2, 0) is 16.0 Å². The number of nitroso groups, excluding NO2 is 1. The molecule has 1 aliphatic heterocycles. The van der Waals surface area contributed by atoms with Gasteiger partial charge in [0, 0.05) is 10.9 Å². The fourth-order valence-electron chi connectivity index (χ4n) is 2.07. The van der Waals surface area contributed by atoms with Gasteiger partial charge in [0.25, 0.3) is 0 Å². The lowest BCUT2D eigenvalue weighted by molar-refractivity contribution is -0.123. The second kappa shape index (κ2) is 5.05. The molecule has 0 spiro atoms. The van der Waals surface area contributed by atoms with Crippen LogP contribution in [0.2, 0.25) is 0 Å². The van der Waals surface area contributed by atoms with Crippen LogP contribution in [0, 0.1) is 4.91 Å². The SMILES string of the molecule is NC1CCc2ccccc2N(CC(=O)N=O)C1=O. The van der Waals surface area contributed by atoms with Crippen molar-refractivity contribution in [1.29, 1.82) is 0 Å². The second-order valence-electron chi connectivity index (χ2n) is 4.18. The van der Waals surface area contributed by atoms with Crippen LogP contribution in [0.3, 0.4) is 0 Å². The van der Waals surface area contributed by atoms with E-state index < -0.39 is 11.9 Å². The second-order valence-corrected chi connectivity index (χ2v) is 4.18. The quantitative estimate of drug-likeness (QED) is 0.774. The van der Waals surface area contributed by atoms with Crippen molar-refractivity contribution in [2.45, 2.75) is 18.9 Å². The zero-order valence-corrected chi connectivity index (χ0v) is 9.70. The lowest BCUT2D eigenvalue weighted by Gasteiger charge is -2.22. The summed E-state index contributed by atoms with van der Waals surface area (Å²) in [5, 5.41) is 2.32. The van der Waals surface area contributed by atoms with E-state index in [1.54, 1.807) is 12.1 Å². The zero-order valence-electron chi connectivity index (χ0n) is 9.70. The first kappa shape index (κ1) is 12.4. The molecule has 0 aromatic heterocycles. The number of fused-ring (bicyclic) bond motifs is 1. The van der Waals surface area contributed by atoms with Crippen LogP contribution >= 0.6 is 0 Å². The lowest BCUT2D eigenvalue weighted by Crippen LogP contribution is -2.44. The average molecular weight is 247 g/mol. The first-order valence-corrected chi connectivity index (χ1v) is 5.64. The van der Waals surface area contributed by atoms with E-state index >= 15 is 0 Å². The van der Waals surface area contributed by atoms with Crippen molar-refractivity contribution in [2.75, 3.05) is 11.4 Å². The molecule has 2 rings (SSSR count). The fraction of sp³-hybridized carbons (Fsp3) is 0.333. The number of hydrogen-bond acceptors (Lipinski definition) is 4. The number of benzene rings is 1. The van der Waals surface area contributed by atoms with E-state index in [1.165, 1.54) is 4.90 Å². The summed E-state index contributed by atoms with van der Waals surface area (Å²) in [5.41, 5.74) is 7.33. The van der Waals surface area contributed by atoms with Gasteiger partial charge < -0.3 is 10.6 Å². The molecule has 1 unspecified atom stereocenters. The molecule has 2 amide bonds. The lowest BCUT2D eigenvalue weighted by atomic mass is 10.1. The molecule has 1 aliphatic rings. The zero-order chi connectivity index (χ0) is 13.1. The standard InChI is InChI=1S/C12H13N3O3/c13-9-6-5-8-3-1-2-4-10(8)15(12(9)17)7-11(16)14-18/h1-4,9H,5-7,13H2. The number of hydrogen-bond donors (Lipinski definition) is 1. The Morgan fingerprint density at radius 1 is 1.44 bits per heavy atom. The third-order valence-corrected chi connectivity index (χ3v) is 2.99. The molecule has 2 N–H and O–H groups in total. The van der Waals surface area contributed by atoms with Gasteiger partial charge in [-0.2, -0.15) is 0 Å². The molecule has 1 aromatic carbocycles. The van der Waals surface area contributed by atoms with Gasteiger partial charge in [0.1, 0.15) is 6.54 Å². The molecule has 0 saturated heterocycles. The predicted molar refractivity (Wildman–Crippen MR) is 65.9 cm³/mol. The minimum Gasteiger partial charge on any atom is -0.320 e. The normalized spacial score (nSPS) is 19.1. The first-order chi connectivity index (χ1) is 8.63. The highest BCUT2D eigenvalue weighted by Crippen LogP contribution is 2.26. The largest absolute Gasteiger partial charge is 0.320 e. The average Bonchev–Trinajstić information content (AvgIpc) is 2.51. The maximum atomic E-state index is 12.1. The Bertz CT molecular complexity index is 501. The molecular weight excluding hydrogens is 234 g/mol. The minimum absolute atomic E-state index is 0.350. The van der Waals surface area contributed by atoms with Gasteiger partial charge in [-0.05, 0) is 24.5 Å². The van der Waals surface area contributed by atoms with Crippen molar-refractivity contribution in [3.8, 4) is 0 Å². The Morgan fingerprint density at radius 2 is 2.17 bits per heavy atom. The van der Waals surface area contributed by atoms with E-state index in [4.69, 9.17) is 5.73 Å². The Labute approximate surface area is 104 Å². The number of nitrogens with two attached hydrogens (primary N) is 1. The van der Waals surface area contributed by atoms with E-state index in [0.29, 0.717) is 18.5 Å². The van der Waals surface area contributed by atoms with Gasteiger partial charge >= 0.3 is 5.91 Å². The summed E-state index contributed by atoms with van der Waals surface area (Å²) in [6.07, 6.45) is 1.19. The molecular formula is C12H13N3O3. The molecule has 6 nitrogen and oxygen atoms in total. The molecule has 6 heteroatoms. The van der Waals surface area contributed by atoms with Gasteiger partial charge in [-0.1, -0.05) is 18.2 Å². The van der Waals surface area contributed by atoms with Crippen LogP contribution in [-0.4, -0.2) is 24.4 Å². The van der Waals surface area contributed by atoms with Crippen molar-refractivity contribution < 1.29 is 9.59 Å². The molecule has 1 heterocycles. The van der Waals surface area contributed by atoms with E-state index in [1.807, 2.05) is 12.1 Å². The maximum absolute atomic E-state index is 12.1. The van der Waals surface area contributed by atoms with Crippen molar-refractivity contribution >= 4 is 17.5 Å². The molecule has 1 aromatic rings. The number of carbonyl (C=O) groups is 2. The van der Waals surface area contributed by atoms with E-state index in [-0.39, 0.29) is 12.5 Å². The van der Waals surface area contributed by atoms with Crippen molar-refractivity contribution in [3.63, 3.8) is 0 Å². The van der Waals surface area contributed by atoms with Crippen molar-refractivity contribution in [1.82, 2.24) is 0 Å². The number of amides is 2. The molecule has 0 saturated carbocycles. The third kappa shape index (κ3) is 2.28. The number of rotatable bonds is 2. The summed E-state index contributed by atoms with van der Waals surface area (Å²) < 4.78 is 0. The van der Waals surface area contributed by atoms with Crippen LogP contribution in [0.4, 0.5) is 5.69 Å². The Kier molecular flexibility index (Phi) is 3.47. The van der Waals surface area contributed by atoms with Gasteiger partial charge in [-0.3, -0.25) is 9.59 Å². The van der Waals surface area contributed by atoms with E-state index in [9.17, 15) is 14.5 Å². The molecule has 94 valence electrons. The predicted octanol–water partition coefficient (Wildman–Crippen LogP) is 0.586. The van der Waals surface area contributed by atoms with Crippen molar-refractivity contribution in [3.05, 3.63) is 34.7 Å². The summed E-state index contributed by atoms with van der Waals surface area (Å²) >= 11 is 0. The summed E-state index contributed by atoms with van der Waals surface area (Å²) in [6, 6.07) is 6.60. The first-order valence-electron chi connectivity index (χ1n) is 5.64. The van der Waals surface area contributed by atoms with Gasteiger partial charge in [0.15, 0.2) is 0 Å². The highest BCUT2D eigenvalue weighted by molar-refractivity contribution is 6.02. The highest BCUT2D eigenvalue weighted by Gasteiger charge is 2.29. The van der Waals surface area contributed by atoms with E-state index in [0.717, 1.165) is 5.56 Å². The van der Waals surface area contributed by atoms with E-state index in [2.05, 4.69) is 5.18 Å². The summed E-state index contributed by atoms with van der Waals surface area (Å²) in [4.78, 5) is 34.6. The van der Waals surface area contributed by atoms with Gasteiger partial charge in [0.05, 0.1) is 6.04 Å². The van der Waals surface area contributed by atoms with Gasteiger partial charge in [0.2, 0.25) is 5.91 Å². The van der Waals surface area contributed by atoms with Crippen LogP contribution in [0.5, 0.6) is 0 Å². The Balaban J connectivity index is 2.41. The monoisotopic (exact) mass is 247 g/mol. The summed E-state index contributed by atoms with van der Waals surface area (Å²) in [6.45, 7) is -0.354. The molecule has 0 radical (unpaired) electrons. The van der Waals surface area contributed by atoms with Crippen molar-refractivity contribution in [2.24, 2.45) is 10.9 Å². The number of nitrogens with zero attached hydrogens (tertiary/aromatic N) is 2. The summed E-state index contributed by atoms with van der Waals surface area (Å²) in [5.74, 6) is -1.23. The molecule has 0 fully saturated rings. The Hall–Kier alpha value is -2.08. The van der Waals surface area contributed by atoms with Crippen LogP contribution < -0.4 is 10.6 Å². The molecule has 18 heavy (non-hydrogen) atoms. The van der Waals surface area contributed by atoms with Gasteiger partial charge in [-0.25, -0.2) is 0 Å². The number of aryl methyl sites for hydroxylation is 1. The number of para-hydroxylation sites is 1. The fourth-order valence-corrected chi connectivity index (χ4v) is 2.07. The number of carbonyl (C=O) groups excluding carboxylic acids is 2.